The molecule has 0 bridgehead atoms. The number of carbonyl (C=O) groups excluding carboxylic acids is 2. The molecule has 0 aliphatic heterocycles. The van der Waals surface area contributed by atoms with Crippen LogP contribution in [0.5, 0.6) is 0 Å². The molecule has 10 nitrogen and oxygen atoms in total. The highest BCUT2D eigenvalue weighted by molar-refractivity contribution is 7.92. The molecule has 196 valence electrons. The predicted molar refractivity (Wildman–Crippen MR) is 139 cm³/mol. The molecular formula is C24H31ClN4O6S. The van der Waals surface area contributed by atoms with E-state index in [0.29, 0.717) is 17.1 Å². The van der Waals surface area contributed by atoms with Crippen molar-refractivity contribution < 1.29 is 22.9 Å². The molecule has 36 heavy (non-hydrogen) atoms. The molecule has 1 N–H and O–H groups in total. The number of carbonyl (C=O) groups is 2. The first kappa shape index (κ1) is 29.1. The largest absolute Gasteiger partial charge is 0.354 e. The van der Waals surface area contributed by atoms with Gasteiger partial charge in [-0.2, -0.15) is 0 Å². The van der Waals surface area contributed by atoms with E-state index in [9.17, 15) is 28.1 Å². The number of benzene rings is 2. The number of hydrogen-bond donors (Lipinski definition) is 1. The van der Waals surface area contributed by atoms with Crippen LogP contribution in [0.1, 0.15) is 32.8 Å². The van der Waals surface area contributed by atoms with Gasteiger partial charge in [0, 0.05) is 30.2 Å². The Kier molecular flexibility index (Phi) is 10.2. The molecule has 12 heteroatoms. The van der Waals surface area contributed by atoms with Crippen LogP contribution in [0.25, 0.3) is 0 Å². The summed E-state index contributed by atoms with van der Waals surface area (Å²) in [5, 5.41) is 14.4. The molecule has 0 aromatic heterocycles. The summed E-state index contributed by atoms with van der Waals surface area (Å²) < 4.78 is 26.0. The smallest absolute Gasteiger partial charge is 0.271 e. The van der Waals surface area contributed by atoms with Gasteiger partial charge in [-0.1, -0.05) is 56.6 Å². The molecule has 1 atom stereocenters. The van der Waals surface area contributed by atoms with Crippen molar-refractivity contribution in [3.63, 3.8) is 0 Å². The van der Waals surface area contributed by atoms with Crippen molar-refractivity contribution in [1.29, 1.82) is 0 Å². The molecule has 2 rings (SSSR count). The second-order valence-electron chi connectivity index (χ2n) is 8.72. The first-order valence-corrected chi connectivity index (χ1v) is 13.6. The molecule has 0 fully saturated rings. The van der Waals surface area contributed by atoms with Crippen molar-refractivity contribution in [2.24, 2.45) is 5.92 Å². The van der Waals surface area contributed by atoms with Crippen LogP contribution in [0, 0.1) is 16.0 Å². The Bertz CT molecular complexity index is 1200. The third-order valence-corrected chi connectivity index (χ3v) is 6.89. The molecule has 0 saturated heterocycles. The fourth-order valence-electron chi connectivity index (χ4n) is 3.53. The fourth-order valence-corrected chi connectivity index (χ4v) is 4.56. The van der Waals surface area contributed by atoms with Gasteiger partial charge < -0.3 is 10.2 Å². The number of non-ortho nitro benzene ring substituents is 1. The van der Waals surface area contributed by atoms with E-state index < -0.39 is 33.4 Å². The lowest BCUT2D eigenvalue weighted by Crippen LogP contribution is -2.52. The number of halogens is 1. The van der Waals surface area contributed by atoms with E-state index in [2.05, 4.69) is 5.32 Å². The highest BCUT2D eigenvalue weighted by Crippen LogP contribution is 2.25. The summed E-state index contributed by atoms with van der Waals surface area (Å²) in [6.45, 7) is 5.36. The molecule has 0 heterocycles. The lowest BCUT2D eigenvalue weighted by Gasteiger charge is -2.33. The van der Waals surface area contributed by atoms with E-state index in [0.717, 1.165) is 16.6 Å². The van der Waals surface area contributed by atoms with Gasteiger partial charge in [0.25, 0.3) is 5.69 Å². The monoisotopic (exact) mass is 538 g/mol. The van der Waals surface area contributed by atoms with Gasteiger partial charge in [0.05, 0.1) is 16.9 Å². The van der Waals surface area contributed by atoms with E-state index in [1.165, 1.54) is 23.1 Å². The molecule has 0 radical (unpaired) electrons. The molecule has 0 spiro atoms. The third-order valence-electron chi connectivity index (χ3n) is 5.38. The Morgan fingerprint density at radius 2 is 1.81 bits per heavy atom. The summed E-state index contributed by atoms with van der Waals surface area (Å²) in [6, 6.07) is 11.0. The predicted octanol–water partition coefficient (Wildman–Crippen LogP) is 3.59. The quantitative estimate of drug-likeness (QED) is 0.324. The van der Waals surface area contributed by atoms with Crippen LogP contribution in [0.15, 0.2) is 48.5 Å². The highest BCUT2D eigenvalue weighted by Gasteiger charge is 2.32. The van der Waals surface area contributed by atoms with Crippen LogP contribution >= 0.6 is 11.6 Å². The number of nitro benzene ring substituents is 1. The minimum Gasteiger partial charge on any atom is -0.354 e. The molecule has 2 amide bonds. The maximum atomic E-state index is 13.6. The van der Waals surface area contributed by atoms with Gasteiger partial charge in [-0.3, -0.25) is 24.0 Å². The Balaban J connectivity index is 2.47. The highest BCUT2D eigenvalue weighted by atomic mass is 35.5. The summed E-state index contributed by atoms with van der Waals surface area (Å²) in [4.78, 5) is 38.5. The van der Waals surface area contributed by atoms with Gasteiger partial charge in [0.1, 0.15) is 12.6 Å². The van der Waals surface area contributed by atoms with Crippen LogP contribution in [0.4, 0.5) is 11.4 Å². The first-order chi connectivity index (χ1) is 16.8. The number of amides is 2. The van der Waals surface area contributed by atoms with Crippen molar-refractivity contribution in [1.82, 2.24) is 10.2 Å². The molecule has 0 aliphatic rings. The van der Waals surface area contributed by atoms with Crippen LogP contribution in [0.2, 0.25) is 5.02 Å². The summed E-state index contributed by atoms with van der Waals surface area (Å²) in [5.74, 6) is -0.833. The normalized spacial score (nSPS) is 12.2. The second kappa shape index (κ2) is 12.7. The number of nitrogens with one attached hydrogen (secondary N) is 1. The summed E-state index contributed by atoms with van der Waals surface area (Å²) >= 11 is 6.32. The zero-order valence-corrected chi connectivity index (χ0v) is 22.3. The maximum Gasteiger partial charge on any atom is 0.271 e. The maximum absolute atomic E-state index is 13.6. The number of sulfonamides is 1. The van der Waals surface area contributed by atoms with Gasteiger partial charge in [-0.15, -0.1) is 0 Å². The SMILES string of the molecule is CC[C@H](C(=O)NCC(C)C)N(Cc1ccccc1Cl)C(=O)CN(c1cccc([N+](=O)[O-])c1)S(C)(=O)=O. The Morgan fingerprint density at radius 3 is 2.36 bits per heavy atom. The van der Waals surface area contributed by atoms with Crippen LogP contribution < -0.4 is 9.62 Å². The lowest BCUT2D eigenvalue weighted by atomic mass is 10.1. The van der Waals surface area contributed by atoms with Gasteiger partial charge in [0.2, 0.25) is 21.8 Å². The van der Waals surface area contributed by atoms with Crippen molar-refractivity contribution in [3.8, 4) is 0 Å². The number of hydrogen-bond acceptors (Lipinski definition) is 6. The average Bonchev–Trinajstić information content (AvgIpc) is 2.81. The van der Waals surface area contributed by atoms with Crippen molar-refractivity contribution in [2.75, 3.05) is 23.7 Å². The number of nitrogens with zero attached hydrogens (tertiary/aromatic N) is 3. The Hall–Kier alpha value is -3.18. The zero-order valence-electron chi connectivity index (χ0n) is 20.7. The minimum absolute atomic E-state index is 0.0291. The molecular weight excluding hydrogens is 508 g/mol. The van der Waals surface area contributed by atoms with E-state index in [1.54, 1.807) is 31.2 Å². The lowest BCUT2D eigenvalue weighted by molar-refractivity contribution is -0.384. The van der Waals surface area contributed by atoms with Gasteiger partial charge in [0.15, 0.2) is 0 Å². The standard InChI is InChI=1S/C24H31ClN4O6S/c1-5-22(24(31)26-14-17(2)3)27(15-18-9-6-7-12-21(18)25)23(30)16-28(36(4,34)35)19-10-8-11-20(13-19)29(32)33/h6-13,17,22H,5,14-16H2,1-4H3,(H,26,31)/t22-/m1/s1. The number of nitro groups is 1. The Morgan fingerprint density at radius 1 is 1.14 bits per heavy atom. The topological polar surface area (TPSA) is 130 Å². The van der Waals surface area contributed by atoms with Gasteiger partial charge in [-0.05, 0) is 30.0 Å². The summed E-state index contributed by atoms with van der Waals surface area (Å²) in [7, 11) is -4.01. The summed E-state index contributed by atoms with van der Waals surface area (Å²) in [5.41, 5.74) is 0.236. The number of rotatable bonds is 12. The van der Waals surface area contributed by atoms with Crippen LogP contribution in [0.3, 0.4) is 0 Å². The summed E-state index contributed by atoms with van der Waals surface area (Å²) in [6.07, 6.45) is 1.18. The van der Waals surface area contributed by atoms with E-state index in [4.69, 9.17) is 11.6 Å². The molecule has 2 aromatic rings. The molecule has 0 unspecified atom stereocenters. The van der Waals surface area contributed by atoms with Crippen molar-refractivity contribution >= 4 is 44.8 Å². The zero-order chi connectivity index (χ0) is 27.0. The van der Waals surface area contributed by atoms with Crippen LogP contribution in [-0.2, 0) is 26.2 Å². The third kappa shape index (κ3) is 7.92. The first-order valence-electron chi connectivity index (χ1n) is 11.4. The van der Waals surface area contributed by atoms with E-state index in [-0.39, 0.29) is 36.2 Å². The van der Waals surface area contributed by atoms with Gasteiger partial charge in [-0.25, -0.2) is 8.42 Å². The van der Waals surface area contributed by atoms with Gasteiger partial charge >= 0.3 is 0 Å². The minimum atomic E-state index is -4.01. The van der Waals surface area contributed by atoms with E-state index in [1.807, 2.05) is 13.8 Å². The fraction of sp³-hybridized carbons (Fsp3) is 0.417. The second-order valence-corrected chi connectivity index (χ2v) is 11.0. The van der Waals surface area contributed by atoms with Crippen molar-refractivity contribution in [2.45, 2.75) is 39.8 Å². The van der Waals surface area contributed by atoms with Crippen LogP contribution in [-0.4, -0.2) is 55.4 Å². The molecule has 0 saturated carbocycles. The average molecular weight is 539 g/mol. The number of anilines is 1. The Labute approximate surface area is 216 Å². The van der Waals surface area contributed by atoms with E-state index >= 15 is 0 Å². The van der Waals surface area contributed by atoms with Crippen molar-refractivity contribution in [3.05, 3.63) is 69.2 Å². The molecule has 0 aliphatic carbocycles. The molecule has 2 aromatic carbocycles.